The number of fused-ring (bicyclic) bond motifs is 1. The van der Waals surface area contributed by atoms with Crippen molar-refractivity contribution in [2.45, 2.75) is 107 Å². The van der Waals surface area contributed by atoms with E-state index in [1.807, 2.05) is 14.0 Å². The Morgan fingerprint density at radius 3 is 2.15 bits per heavy atom. The van der Waals surface area contributed by atoms with Gasteiger partial charge in [-0.25, -0.2) is 0 Å². The molecule has 3 aliphatic rings. The fraction of sp³-hybridized carbons (Fsp3) is 1.00. The summed E-state index contributed by atoms with van der Waals surface area (Å²) in [4.78, 5) is -0.341. The first-order chi connectivity index (χ1) is 12.4. The summed E-state index contributed by atoms with van der Waals surface area (Å²) in [6, 6.07) is 0.0812. The first-order valence-corrected chi connectivity index (χ1v) is 11.2. The van der Waals surface area contributed by atoms with Crippen LogP contribution < -0.4 is 10.6 Å². The van der Waals surface area contributed by atoms with E-state index in [0.717, 1.165) is 38.5 Å². The number of alkyl halides is 1. The normalized spacial score (nSPS) is 51.2. The van der Waals surface area contributed by atoms with Gasteiger partial charge in [-0.3, -0.25) is 0 Å². The summed E-state index contributed by atoms with van der Waals surface area (Å²) in [5.41, 5.74) is -0.732. The van der Waals surface area contributed by atoms with Crippen LogP contribution in [0.1, 0.15) is 73.1 Å². The topological polar surface area (TPSA) is 53.5 Å². The van der Waals surface area contributed by atoms with Gasteiger partial charge in [0.1, 0.15) is 0 Å². The second kappa shape index (κ2) is 7.12. The van der Waals surface area contributed by atoms with E-state index in [1.54, 1.807) is 0 Å². The number of ether oxygens (including phenoxy) is 1. The first kappa shape index (κ1) is 21.8. The van der Waals surface area contributed by atoms with E-state index in [-0.39, 0.29) is 28.2 Å². The molecule has 1 aliphatic heterocycles. The fourth-order valence-electron chi connectivity index (χ4n) is 6.67. The Morgan fingerprint density at radius 2 is 1.63 bits per heavy atom. The van der Waals surface area contributed by atoms with Crippen molar-refractivity contribution in [1.82, 2.24) is 10.6 Å². The lowest BCUT2D eigenvalue weighted by atomic mass is 9.51. The molecule has 3 N–H and O–H groups in total. The monoisotopic (exact) mass is 400 g/mol. The quantitative estimate of drug-likeness (QED) is 0.630. The minimum Gasteiger partial charge on any atom is -0.389 e. The van der Waals surface area contributed by atoms with Crippen LogP contribution in [0.15, 0.2) is 0 Å². The lowest BCUT2D eigenvalue weighted by molar-refractivity contribution is -0.162. The smallest absolute Gasteiger partial charge is 0.0775 e. The number of hydrogen-bond donors (Lipinski definition) is 3. The molecule has 3 rings (SSSR count). The zero-order valence-corrected chi connectivity index (χ0v) is 19.1. The molecule has 0 aromatic carbocycles. The third kappa shape index (κ3) is 3.70. The number of nitrogens with one attached hydrogen (secondary N) is 2. The molecule has 3 fully saturated rings. The Balaban J connectivity index is 1.95. The van der Waals surface area contributed by atoms with Gasteiger partial charge in [0.2, 0.25) is 0 Å². The molecule has 8 atom stereocenters. The number of aliphatic hydroxyl groups is 1. The van der Waals surface area contributed by atoms with Crippen LogP contribution in [-0.2, 0) is 4.74 Å². The van der Waals surface area contributed by atoms with E-state index in [0.29, 0.717) is 17.8 Å². The van der Waals surface area contributed by atoms with Gasteiger partial charge in [-0.1, -0.05) is 0 Å². The largest absolute Gasteiger partial charge is 0.389 e. The van der Waals surface area contributed by atoms with Crippen LogP contribution >= 0.6 is 11.6 Å². The standard InChI is InChI=1S/C22H41ClN2O2/c1-19(2,23)16-10-13-22(5,27-16)15-8-11-20(3,25-7)14-9-12-21(4,26)18(24-6)17(14)15/h14-18,24-26H,8-13H2,1-7H3. The van der Waals surface area contributed by atoms with Crippen LogP contribution in [0.5, 0.6) is 0 Å². The fourth-order valence-corrected chi connectivity index (χ4v) is 6.83. The Hall–Kier alpha value is 0.130. The van der Waals surface area contributed by atoms with Crippen LogP contribution in [0.25, 0.3) is 0 Å². The molecule has 0 radical (unpaired) electrons. The second-order valence-corrected chi connectivity index (χ2v) is 11.7. The molecule has 1 heterocycles. The van der Waals surface area contributed by atoms with Crippen LogP contribution in [-0.4, -0.2) is 53.0 Å². The van der Waals surface area contributed by atoms with E-state index in [9.17, 15) is 5.11 Å². The molecular weight excluding hydrogens is 360 g/mol. The molecule has 0 spiro atoms. The van der Waals surface area contributed by atoms with E-state index < -0.39 is 5.60 Å². The summed E-state index contributed by atoms with van der Waals surface area (Å²) >= 11 is 6.62. The molecule has 27 heavy (non-hydrogen) atoms. The van der Waals surface area contributed by atoms with Gasteiger partial charge in [0.15, 0.2) is 0 Å². The molecule has 1 saturated heterocycles. The van der Waals surface area contributed by atoms with Crippen molar-refractivity contribution in [2.24, 2.45) is 17.8 Å². The Bertz CT molecular complexity index is 549. The molecule has 0 bridgehead atoms. The van der Waals surface area contributed by atoms with Gasteiger partial charge in [-0.05, 0) is 105 Å². The van der Waals surface area contributed by atoms with Crippen molar-refractivity contribution >= 4 is 11.6 Å². The first-order valence-electron chi connectivity index (χ1n) is 10.8. The lowest BCUT2D eigenvalue weighted by Crippen LogP contribution is -2.68. The minimum atomic E-state index is -0.680. The van der Waals surface area contributed by atoms with Crippen molar-refractivity contribution in [1.29, 1.82) is 0 Å². The van der Waals surface area contributed by atoms with Crippen molar-refractivity contribution in [2.75, 3.05) is 14.1 Å². The van der Waals surface area contributed by atoms with Gasteiger partial charge in [-0.2, -0.15) is 0 Å². The Morgan fingerprint density at radius 1 is 1.00 bits per heavy atom. The molecule has 0 aromatic heterocycles. The van der Waals surface area contributed by atoms with Gasteiger partial charge in [0, 0.05) is 11.6 Å². The minimum absolute atomic E-state index is 0.0812. The second-order valence-electron chi connectivity index (χ2n) is 10.7. The number of likely N-dealkylation sites (N-methyl/N-ethyl adjacent to an activating group) is 1. The zero-order valence-electron chi connectivity index (χ0n) is 18.4. The van der Waals surface area contributed by atoms with Crippen LogP contribution in [0.2, 0.25) is 0 Å². The highest BCUT2D eigenvalue weighted by Gasteiger charge is 2.60. The van der Waals surface area contributed by atoms with E-state index in [2.05, 4.69) is 45.4 Å². The Kier molecular flexibility index (Phi) is 5.76. The van der Waals surface area contributed by atoms with E-state index in [1.165, 1.54) is 0 Å². The van der Waals surface area contributed by atoms with Gasteiger partial charge < -0.3 is 20.5 Å². The summed E-state index contributed by atoms with van der Waals surface area (Å²) in [6.07, 6.45) is 6.35. The SMILES string of the molecule is CNC1C2C(CCC1(C)O)C(C)(NC)CCC2C1(C)CCC(C(C)(C)Cl)O1. The molecule has 5 heteroatoms. The summed E-state index contributed by atoms with van der Waals surface area (Å²) in [6.45, 7) is 10.8. The maximum absolute atomic E-state index is 11.2. The van der Waals surface area contributed by atoms with E-state index >= 15 is 0 Å². The van der Waals surface area contributed by atoms with Crippen LogP contribution in [0.4, 0.5) is 0 Å². The predicted octanol–water partition coefficient (Wildman–Crippen LogP) is 3.69. The molecule has 8 unspecified atom stereocenters. The van der Waals surface area contributed by atoms with Crippen LogP contribution in [0.3, 0.4) is 0 Å². The van der Waals surface area contributed by atoms with Gasteiger partial charge >= 0.3 is 0 Å². The van der Waals surface area contributed by atoms with Gasteiger partial charge in [0.05, 0.1) is 22.2 Å². The highest BCUT2D eigenvalue weighted by molar-refractivity contribution is 6.23. The average Bonchev–Trinajstić information content (AvgIpc) is 2.98. The summed E-state index contributed by atoms with van der Waals surface area (Å²) < 4.78 is 6.70. The van der Waals surface area contributed by atoms with Crippen molar-refractivity contribution in [3.63, 3.8) is 0 Å². The number of hydrogen-bond acceptors (Lipinski definition) is 4. The number of rotatable bonds is 4. The molecule has 2 aliphatic carbocycles. The Labute approximate surface area is 171 Å². The molecule has 158 valence electrons. The average molecular weight is 401 g/mol. The molecule has 4 nitrogen and oxygen atoms in total. The van der Waals surface area contributed by atoms with Gasteiger partial charge in [0.25, 0.3) is 0 Å². The summed E-state index contributed by atoms with van der Waals surface area (Å²) in [5.74, 6) is 1.34. The predicted molar refractivity (Wildman–Crippen MR) is 112 cm³/mol. The lowest BCUT2D eigenvalue weighted by Gasteiger charge is -2.60. The third-order valence-electron chi connectivity index (χ3n) is 8.49. The molecule has 0 aromatic rings. The number of halogens is 1. The zero-order chi connectivity index (χ0) is 20.3. The third-order valence-corrected chi connectivity index (χ3v) is 8.73. The maximum Gasteiger partial charge on any atom is 0.0775 e. The van der Waals surface area contributed by atoms with E-state index in [4.69, 9.17) is 16.3 Å². The summed E-state index contributed by atoms with van der Waals surface area (Å²) in [7, 11) is 4.10. The highest BCUT2D eigenvalue weighted by Crippen LogP contribution is 2.57. The maximum atomic E-state index is 11.2. The van der Waals surface area contributed by atoms with Gasteiger partial charge in [-0.15, -0.1) is 11.6 Å². The van der Waals surface area contributed by atoms with Crippen molar-refractivity contribution < 1.29 is 9.84 Å². The van der Waals surface area contributed by atoms with Crippen molar-refractivity contribution in [3.8, 4) is 0 Å². The molecular formula is C22H41ClN2O2. The van der Waals surface area contributed by atoms with Crippen molar-refractivity contribution in [3.05, 3.63) is 0 Å². The highest BCUT2D eigenvalue weighted by atomic mass is 35.5. The summed E-state index contributed by atoms with van der Waals surface area (Å²) in [5, 5.41) is 18.3. The van der Waals surface area contributed by atoms with Crippen LogP contribution in [0, 0.1) is 17.8 Å². The molecule has 2 saturated carbocycles. The molecule has 0 amide bonds.